The van der Waals surface area contributed by atoms with Crippen molar-refractivity contribution in [1.82, 2.24) is 4.98 Å². The van der Waals surface area contributed by atoms with Gasteiger partial charge in [-0.05, 0) is 53.4 Å². The van der Waals surface area contributed by atoms with Gasteiger partial charge in [0.05, 0.1) is 11.3 Å². The van der Waals surface area contributed by atoms with Crippen LogP contribution >= 0.6 is 38.9 Å². The zero-order chi connectivity index (χ0) is 15.0. The summed E-state index contributed by atoms with van der Waals surface area (Å²) in [5.74, 6) is -0.222. The lowest BCUT2D eigenvalue weighted by atomic mass is 9.99. The van der Waals surface area contributed by atoms with E-state index < -0.39 is 0 Å². The first-order valence-corrected chi connectivity index (χ1v) is 8.52. The highest BCUT2D eigenvalue weighted by atomic mass is 79.9. The van der Waals surface area contributed by atoms with Crippen LogP contribution in [0.5, 0.6) is 0 Å². The summed E-state index contributed by atoms with van der Waals surface area (Å²) in [6, 6.07) is 5.31. The molecule has 1 atom stereocenters. The first kappa shape index (κ1) is 15.0. The van der Waals surface area contributed by atoms with Crippen molar-refractivity contribution in [2.75, 3.05) is 5.32 Å². The second-order valence-corrected chi connectivity index (χ2v) is 7.34. The van der Waals surface area contributed by atoms with E-state index in [1.165, 1.54) is 16.2 Å². The molecule has 1 amide bonds. The summed E-state index contributed by atoms with van der Waals surface area (Å²) >= 11 is 10.8. The van der Waals surface area contributed by atoms with Crippen LogP contribution in [0.4, 0.5) is 5.13 Å². The SMILES string of the molecule is N[C@H]1CCc2nc(NC(=O)c3cc(Cl)ccc3Br)sc2C1. The van der Waals surface area contributed by atoms with Crippen molar-refractivity contribution in [2.45, 2.75) is 25.3 Å². The number of nitrogens with one attached hydrogen (secondary N) is 1. The van der Waals surface area contributed by atoms with Gasteiger partial charge in [-0.2, -0.15) is 0 Å². The fourth-order valence-electron chi connectivity index (χ4n) is 2.29. The Labute approximate surface area is 139 Å². The fourth-order valence-corrected chi connectivity index (χ4v) is 3.98. The van der Waals surface area contributed by atoms with Crippen LogP contribution in [0, 0.1) is 0 Å². The standard InChI is InChI=1S/C14H13BrClN3OS/c15-10-3-1-7(16)5-9(10)13(20)19-14-18-11-4-2-8(17)6-12(11)21-14/h1,3,5,8H,2,4,6,17H2,(H,18,19,20)/t8-/m0/s1. The average Bonchev–Trinajstić information content (AvgIpc) is 2.82. The Bertz CT molecular complexity index is 704. The highest BCUT2D eigenvalue weighted by molar-refractivity contribution is 9.10. The third-order valence-corrected chi connectivity index (χ3v) is 5.33. The molecule has 4 nitrogen and oxygen atoms in total. The maximum Gasteiger partial charge on any atom is 0.258 e. The number of amides is 1. The number of nitrogens with two attached hydrogens (primary N) is 1. The van der Waals surface area contributed by atoms with Crippen LogP contribution in [0.15, 0.2) is 22.7 Å². The Balaban J connectivity index is 1.80. The molecule has 2 aromatic rings. The van der Waals surface area contributed by atoms with Crippen molar-refractivity contribution >= 4 is 49.9 Å². The predicted molar refractivity (Wildman–Crippen MR) is 89.2 cm³/mol. The van der Waals surface area contributed by atoms with E-state index in [-0.39, 0.29) is 11.9 Å². The number of benzene rings is 1. The molecule has 0 unspecified atom stereocenters. The van der Waals surface area contributed by atoms with E-state index in [2.05, 4.69) is 26.2 Å². The first-order chi connectivity index (χ1) is 10.0. The molecule has 0 bridgehead atoms. The summed E-state index contributed by atoms with van der Waals surface area (Å²) in [6.45, 7) is 0. The van der Waals surface area contributed by atoms with Crippen LogP contribution in [0.25, 0.3) is 0 Å². The number of thiazole rings is 1. The predicted octanol–water partition coefficient (Wildman–Crippen LogP) is 3.63. The van der Waals surface area contributed by atoms with Gasteiger partial charge >= 0.3 is 0 Å². The maximum absolute atomic E-state index is 12.3. The molecule has 1 aromatic carbocycles. The summed E-state index contributed by atoms with van der Waals surface area (Å²) in [6.07, 6.45) is 2.66. The lowest BCUT2D eigenvalue weighted by Gasteiger charge is -2.15. The smallest absolute Gasteiger partial charge is 0.258 e. The molecule has 1 aliphatic rings. The van der Waals surface area contributed by atoms with Crippen LogP contribution in [0.3, 0.4) is 0 Å². The normalized spacial score (nSPS) is 17.4. The van der Waals surface area contributed by atoms with Gasteiger partial charge in [0.15, 0.2) is 5.13 Å². The zero-order valence-corrected chi connectivity index (χ0v) is 14.2. The Morgan fingerprint density at radius 3 is 3.14 bits per heavy atom. The third kappa shape index (κ3) is 3.29. The van der Waals surface area contributed by atoms with E-state index >= 15 is 0 Å². The van der Waals surface area contributed by atoms with Crippen LogP contribution in [0.1, 0.15) is 27.3 Å². The molecule has 3 rings (SSSR count). The molecular weight excluding hydrogens is 374 g/mol. The van der Waals surface area contributed by atoms with E-state index in [1.54, 1.807) is 18.2 Å². The lowest BCUT2D eigenvalue weighted by molar-refractivity contribution is 0.102. The molecule has 3 N–H and O–H groups in total. The summed E-state index contributed by atoms with van der Waals surface area (Å²) in [5, 5.41) is 3.98. The highest BCUT2D eigenvalue weighted by Crippen LogP contribution is 2.30. The zero-order valence-electron chi connectivity index (χ0n) is 11.0. The van der Waals surface area contributed by atoms with Crippen molar-refractivity contribution in [2.24, 2.45) is 5.73 Å². The second-order valence-electron chi connectivity index (χ2n) is 4.97. The fraction of sp³-hybridized carbons (Fsp3) is 0.286. The van der Waals surface area contributed by atoms with Crippen LogP contribution in [-0.4, -0.2) is 16.9 Å². The minimum Gasteiger partial charge on any atom is -0.327 e. The number of aromatic nitrogens is 1. The number of aryl methyl sites for hydroxylation is 1. The molecule has 110 valence electrons. The molecule has 21 heavy (non-hydrogen) atoms. The number of fused-ring (bicyclic) bond motifs is 1. The number of halogens is 2. The third-order valence-electron chi connectivity index (χ3n) is 3.37. The van der Waals surface area contributed by atoms with Gasteiger partial charge in [0.1, 0.15) is 0 Å². The molecule has 0 fully saturated rings. The van der Waals surface area contributed by atoms with Crippen LogP contribution in [0.2, 0.25) is 5.02 Å². The van der Waals surface area contributed by atoms with Gasteiger partial charge in [0.25, 0.3) is 5.91 Å². The number of carbonyl (C=O) groups is 1. The maximum atomic E-state index is 12.3. The van der Waals surface area contributed by atoms with Crippen molar-refractivity contribution in [3.05, 3.63) is 43.8 Å². The largest absolute Gasteiger partial charge is 0.327 e. The minimum atomic E-state index is -0.222. The number of rotatable bonds is 2. The average molecular weight is 387 g/mol. The minimum absolute atomic E-state index is 0.198. The van der Waals surface area contributed by atoms with Gasteiger partial charge in [-0.3, -0.25) is 10.1 Å². The molecule has 0 spiro atoms. The number of anilines is 1. The Hall–Kier alpha value is -0.950. The molecule has 1 aliphatic carbocycles. The molecule has 0 saturated carbocycles. The lowest BCUT2D eigenvalue weighted by Crippen LogP contribution is -2.27. The number of hydrogen-bond acceptors (Lipinski definition) is 4. The van der Waals surface area contributed by atoms with Gasteiger partial charge in [0, 0.05) is 20.4 Å². The quantitative estimate of drug-likeness (QED) is 0.828. The van der Waals surface area contributed by atoms with E-state index in [9.17, 15) is 4.79 Å². The molecule has 1 heterocycles. The second kappa shape index (κ2) is 6.04. The molecule has 0 saturated heterocycles. The van der Waals surface area contributed by atoms with Crippen molar-refractivity contribution < 1.29 is 4.79 Å². The molecule has 0 radical (unpaired) electrons. The van der Waals surface area contributed by atoms with Gasteiger partial charge in [0.2, 0.25) is 0 Å². The van der Waals surface area contributed by atoms with Gasteiger partial charge in [-0.25, -0.2) is 4.98 Å². The van der Waals surface area contributed by atoms with Gasteiger partial charge in [-0.15, -0.1) is 11.3 Å². The molecule has 7 heteroatoms. The number of carbonyl (C=O) groups excluding carboxylic acids is 1. The van der Waals surface area contributed by atoms with Crippen LogP contribution < -0.4 is 11.1 Å². The van der Waals surface area contributed by atoms with Gasteiger partial charge in [-0.1, -0.05) is 11.6 Å². The summed E-state index contributed by atoms with van der Waals surface area (Å²) in [7, 11) is 0. The van der Waals surface area contributed by atoms with E-state index in [0.29, 0.717) is 20.2 Å². The highest BCUT2D eigenvalue weighted by Gasteiger charge is 2.21. The molecule has 1 aromatic heterocycles. The van der Waals surface area contributed by atoms with Crippen molar-refractivity contribution in [3.8, 4) is 0 Å². The summed E-state index contributed by atoms with van der Waals surface area (Å²) in [4.78, 5) is 18.0. The summed E-state index contributed by atoms with van der Waals surface area (Å²) in [5.41, 5.74) is 7.51. The first-order valence-electron chi connectivity index (χ1n) is 6.53. The number of hydrogen-bond donors (Lipinski definition) is 2. The van der Waals surface area contributed by atoms with Crippen LogP contribution in [-0.2, 0) is 12.8 Å². The Kier molecular flexibility index (Phi) is 4.31. The molecular formula is C14H13BrClN3OS. The van der Waals surface area contributed by atoms with Gasteiger partial charge < -0.3 is 5.73 Å². The topological polar surface area (TPSA) is 68.0 Å². The summed E-state index contributed by atoms with van der Waals surface area (Å²) < 4.78 is 0.702. The Morgan fingerprint density at radius 1 is 1.52 bits per heavy atom. The van der Waals surface area contributed by atoms with Crippen molar-refractivity contribution in [1.29, 1.82) is 0 Å². The van der Waals surface area contributed by atoms with E-state index in [0.717, 1.165) is 25.0 Å². The monoisotopic (exact) mass is 385 g/mol. The Morgan fingerprint density at radius 2 is 2.33 bits per heavy atom. The number of nitrogens with zero attached hydrogens (tertiary/aromatic N) is 1. The van der Waals surface area contributed by atoms with E-state index in [1.807, 2.05) is 0 Å². The molecule has 0 aliphatic heterocycles. The van der Waals surface area contributed by atoms with Crippen molar-refractivity contribution in [3.63, 3.8) is 0 Å². The van der Waals surface area contributed by atoms with E-state index in [4.69, 9.17) is 17.3 Å².